The molecule has 0 bridgehead atoms. The fourth-order valence-corrected chi connectivity index (χ4v) is 3.87. The fraction of sp³-hybridized carbons (Fsp3) is 0.235. The predicted molar refractivity (Wildman–Crippen MR) is 95.3 cm³/mol. The molecule has 6 nitrogen and oxygen atoms in total. The van der Waals surface area contributed by atoms with E-state index in [0.717, 1.165) is 9.44 Å². The molecule has 0 saturated heterocycles. The summed E-state index contributed by atoms with van der Waals surface area (Å²) in [6.07, 6.45) is 0.399. The van der Waals surface area contributed by atoms with E-state index < -0.39 is 17.2 Å². The highest BCUT2D eigenvalue weighted by atomic mass is 32.1. The van der Waals surface area contributed by atoms with E-state index in [1.807, 2.05) is 6.92 Å². The summed E-state index contributed by atoms with van der Waals surface area (Å²) in [4.78, 5) is 40.0. The third kappa shape index (κ3) is 3.25. The molecule has 1 amide bonds. The zero-order valence-corrected chi connectivity index (χ0v) is 14.3. The number of fused-ring (bicyclic) bond motifs is 1. The minimum Gasteiger partial charge on any atom is -0.370 e. The maximum Gasteiger partial charge on any atom is 0.329 e. The summed E-state index contributed by atoms with van der Waals surface area (Å²) in [6.45, 7) is 1.95. The van der Waals surface area contributed by atoms with Crippen LogP contribution in [0.3, 0.4) is 0 Å². The highest BCUT2D eigenvalue weighted by molar-refractivity contribution is 7.19. The average Bonchev–Trinajstić information content (AvgIpc) is 2.87. The van der Waals surface area contributed by atoms with Gasteiger partial charge in [-0.2, -0.15) is 0 Å². The minimum absolute atomic E-state index is 0.0946. The molecular weight excluding hydrogens is 345 g/mol. The predicted octanol–water partition coefficient (Wildman–Crippen LogP) is 2.13. The summed E-state index contributed by atoms with van der Waals surface area (Å²) in [5.41, 5.74) is 5.55. The number of H-pyrrole nitrogens is 1. The lowest BCUT2D eigenvalue weighted by molar-refractivity contribution is -0.118. The highest BCUT2D eigenvalue weighted by Gasteiger charge is 2.18. The summed E-state index contributed by atoms with van der Waals surface area (Å²) in [5.74, 6) is -0.845. The van der Waals surface area contributed by atoms with Crippen molar-refractivity contribution >= 4 is 27.5 Å². The molecule has 0 saturated carbocycles. The molecule has 2 aromatic heterocycles. The summed E-state index contributed by atoms with van der Waals surface area (Å²) in [6, 6.07) is 5.86. The van der Waals surface area contributed by atoms with E-state index in [9.17, 15) is 18.8 Å². The van der Waals surface area contributed by atoms with Crippen molar-refractivity contribution in [2.75, 3.05) is 0 Å². The number of thiophene rings is 1. The first-order valence-corrected chi connectivity index (χ1v) is 8.50. The minimum atomic E-state index is -0.520. The molecule has 3 N–H and O–H groups in total. The number of benzene rings is 1. The molecule has 0 aliphatic rings. The van der Waals surface area contributed by atoms with Crippen LogP contribution in [0.4, 0.5) is 4.39 Å². The maximum absolute atomic E-state index is 13.2. The van der Waals surface area contributed by atoms with Gasteiger partial charge in [0.2, 0.25) is 5.91 Å². The van der Waals surface area contributed by atoms with Crippen molar-refractivity contribution in [2.24, 2.45) is 5.73 Å². The summed E-state index contributed by atoms with van der Waals surface area (Å²) in [7, 11) is 0. The second-order valence-corrected chi connectivity index (χ2v) is 6.93. The van der Waals surface area contributed by atoms with Gasteiger partial charge >= 0.3 is 5.69 Å². The molecule has 25 heavy (non-hydrogen) atoms. The Balaban J connectivity index is 2.17. The molecule has 0 fully saturated rings. The Hall–Kier alpha value is -2.74. The van der Waals surface area contributed by atoms with Gasteiger partial charge in [-0.3, -0.25) is 19.1 Å². The van der Waals surface area contributed by atoms with Gasteiger partial charge < -0.3 is 5.73 Å². The number of hydrogen-bond acceptors (Lipinski definition) is 4. The molecule has 0 atom stereocenters. The zero-order valence-electron chi connectivity index (χ0n) is 13.5. The standard InChI is InChI=1S/C17H16FN3O3S/c1-9-13(10-4-6-11(18)7-5-10)14-15(25-9)20-17(24)21(16(14)23)8-2-3-12(19)22/h4-7H,2-3,8H2,1H3,(H2,19,22)(H,20,24). The van der Waals surface area contributed by atoms with Gasteiger partial charge in [-0.15, -0.1) is 11.3 Å². The van der Waals surface area contributed by atoms with Crippen molar-refractivity contribution < 1.29 is 9.18 Å². The Morgan fingerprint density at radius 3 is 2.60 bits per heavy atom. The number of amides is 1. The van der Waals surface area contributed by atoms with E-state index in [-0.39, 0.29) is 18.8 Å². The van der Waals surface area contributed by atoms with Gasteiger partial charge in [0.1, 0.15) is 10.6 Å². The van der Waals surface area contributed by atoms with Gasteiger partial charge in [0.25, 0.3) is 5.56 Å². The number of halogens is 1. The molecule has 3 aromatic rings. The lowest BCUT2D eigenvalue weighted by Gasteiger charge is -2.06. The number of nitrogens with one attached hydrogen (secondary N) is 1. The van der Waals surface area contributed by atoms with Gasteiger partial charge in [-0.05, 0) is 31.0 Å². The monoisotopic (exact) mass is 361 g/mol. The first-order valence-electron chi connectivity index (χ1n) is 7.69. The van der Waals surface area contributed by atoms with E-state index in [2.05, 4.69) is 4.98 Å². The van der Waals surface area contributed by atoms with Crippen LogP contribution in [0, 0.1) is 12.7 Å². The number of aryl methyl sites for hydroxylation is 1. The Morgan fingerprint density at radius 2 is 1.96 bits per heavy atom. The van der Waals surface area contributed by atoms with E-state index in [1.54, 1.807) is 12.1 Å². The number of aromatic nitrogens is 2. The third-order valence-corrected chi connectivity index (χ3v) is 4.97. The smallest absolute Gasteiger partial charge is 0.329 e. The zero-order chi connectivity index (χ0) is 18.1. The molecular formula is C17H16FN3O3S. The molecule has 3 rings (SSSR count). The van der Waals surface area contributed by atoms with Crippen LogP contribution < -0.4 is 17.0 Å². The largest absolute Gasteiger partial charge is 0.370 e. The molecule has 130 valence electrons. The lowest BCUT2D eigenvalue weighted by atomic mass is 10.0. The van der Waals surface area contributed by atoms with Gasteiger partial charge in [0.15, 0.2) is 0 Å². The van der Waals surface area contributed by atoms with E-state index in [0.29, 0.717) is 27.8 Å². The Kier molecular flexibility index (Phi) is 4.54. The molecule has 2 heterocycles. The maximum atomic E-state index is 13.2. The van der Waals surface area contributed by atoms with Crippen molar-refractivity contribution in [3.05, 3.63) is 55.8 Å². The van der Waals surface area contributed by atoms with Crippen LogP contribution in [0.25, 0.3) is 21.3 Å². The van der Waals surface area contributed by atoms with Gasteiger partial charge in [-0.25, -0.2) is 9.18 Å². The first-order chi connectivity index (χ1) is 11.9. The summed E-state index contributed by atoms with van der Waals surface area (Å²) in [5, 5.41) is 0.396. The second kappa shape index (κ2) is 6.64. The number of carbonyl (C=O) groups excluding carboxylic acids is 1. The van der Waals surface area contributed by atoms with Gasteiger partial charge in [0.05, 0.1) is 5.39 Å². The van der Waals surface area contributed by atoms with Crippen LogP contribution in [0.1, 0.15) is 17.7 Å². The van der Waals surface area contributed by atoms with E-state index >= 15 is 0 Å². The number of primary amides is 1. The number of carbonyl (C=O) groups is 1. The topological polar surface area (TPSA) is 97.9 Å². The molecule has 0 unspecified atom stereocenters. The molecule has 0 radical (unpaired) electrons. The van der Waals surface area contributed by atoms with Crippen LogP contribution in [-0.4, -0.2) is 15.5 Å². The average molecular weight is 361 g/mol. The Bertz CT molecular complexity index is 1060. The molecule has 0 aliphatic heterocycles. The number of nitrogens with two attached hydrogens (primary N) is 1. The van der Waals surface area contributed by atoms with Crippen LogP contribution in [0.5, 0.6) is 0 Å². The van der Waals surface area contributed by atoms with E-state index in [1.165, 1.54) is 23.5 Å². The van der Waals surface area contributed by atoms with Crippen molar-refractivity contribution in [2.45, 2.75) is 26.3 Å². The molecule has 8 heteroatoms. The van der Waals surface area contributed by atoms with Crippen molar-refractivity contribution in [3.8, 4) is 11.1 Å². The van der Waals surface area contributed by atoms with Gasteiger partial charge in [-0.1, -0.05) is 12.1 Å². The van der Waals surface area contributed by atoms with E-state index in [4.69, 9.17) is 5.73 Å². The molecule has 0 aliphatic carbocycles. The van der Waals surface area contributed by atoms with Crippen LogP contribution in [0.15, 0.2) is 33.9 Å². The number of hydrogen-bond donors (Lipinski definition) is 2. The van der Waals surface area contributed by atoms with Crippen LogP contribution >= 0.6 is 11.3 Å². The quantitative estimate of drug-likeness (QED) is 0.728. The second-order valence-electron chi connectivity index (χ2n) is 5.70. The molecule has 0 spiro atoms. The summed E-state index contributed by atoms with van der Waals surface area (Å²) < 4.78 is 14.3. The van der Waals surface area contributed by atoms with Crippen molar-refractivity contribution in [1.29, 1.82) is 0 Å². The van der Waals surface area contributed by atoms with Crippen molar-refractivity contribution in [3.63, 3.8) is 0 Å². The first kappa shape index (κ1) is 17.1. The van der Waals surface area contributed by atoms with Crippen LogP contribution in [-0.2, 0) is 11.3 Å². The Morgan fingerprint density at radius 1 is 1.28 bits per heavy atom. The fourth-order valence-electron chi connectivity index (χ4n) is 2.81. The molecule has 1 aromatic carbocycles. The SMILES string of the molecule is Cc1sc2[nH]c(=O)n(CCCC(N)=O)c(=O)c2c1-c1ccc(F)cc1. The van der Waals surface area contributed by atoms with Crippen molar-refractivity contribution in [1.82, 2.24) is 9.55 Å². The summed E-state index contributed by atoms with van der Waals surface area (Å²) >= 11 is 1.31. The normalized spacial score (nSPS) is 11.1. The number of rotatable bonds is 5. The van der Waals surface area contributed by atoms with Gasteiger partial charge in [0, 0.05) is 23.4 Å². The van der Waals surface area contributed by atoms with Crippen LogP contribution in [0.2, 0.25) is 0 Å². The lowest BCUT2D eigenvalue weighted by Crippen LogP contribution is -2.35. The Labute approximate surface area is 145 Å². The number of nitrogens with zero attached hydrogens (tertiary/aromatic N) is 1. The number of aromatic amines is 1. The highest BCUT2D eigenvalue weighted by Crippen LogP contribution is 2.35. The third-order valence-electron chi connectivity index (χ3n) is 3.95.